The zero-order valence-electron chi connectivity index (χ0n) is 8.80. The highest BCUT2D eigenvalue weighted by Gasteiger charge is 2.21. The van der Waals surface area contributed by atoms with E-state index in [-0.39, 0.29) is 6.10 Å². The largest absolute Gasteiger partial charge is 0.391 e. The molecule has 0 bridgehead atoms. The standard InChI is InChI=1S/C11H16N2O2/c1-8(14)9-2-4-12-11(6-9)13-5-3-10(15)7-13/h2,4,6,8,10,14-15H,3,5,7H2,1H3. The Kier molecular flexibility index (Phi) is 2.88. The van der Waals surface area contributed by atoms with E-state index in [0.29, 0.717) is 6.54 Å². The van der Waals surface area contributed by atoms with Crippen LogP contribution in [0.4, 0.5) is 5.82 Å². The van der Waals surface area contributed by atoms with Crippen LogP contribution in [0.1, 0.15) is 25.0 Å². The average molecular weight is 208 g/mol. The highest BCUT2D eigenvalue weighted by molar-refractivity contribution is 5.42. The van der Waals surface area contributed by atoms with Gasteiger partial charge < -0.3 is 15.1 Å². The van der Waals surface area contributed by atoms with E-state index in [9.17, 15) is 10.2 Å². The van der Waals surface area contributed by atoms with Crippen LogP contribution in [0, 0.1) is 0 Å². The van der Waals surface area contributed by atoms with Crippen LogP contribution < -0.4 is 4.90 Å². The molecule has 4 heteroatoms. The first-order valence-electron chi connectivity index (χ1n) is 5.24. The zero-order chi connectivity index (χ0) is 10.8. The molecule has 0 radical (unpaired) electrons. The van der Waals surface area contributed by atoms with Gasteiger partial charge in [-0.1, -0.05) is 0 Å². The summed E-state index contributed by atoms with van der Waals surface area (Å²) in [5, 5.41) is 18.9. The van der Waals surface area contributed by atoms with E-state index in [1.54, 1.807) is 19.2 Å². The molecule has 2 heterocycles. The summed E-state index contributed by atoms with van der Waals surface area (Å²) in [6.07, 6.45) is 1.77. The Morgan fingerprint density at radius 3 is 3.00 bits per heavy atom. The molecule has 1 saturated heterocycles. The predicted molar refractivity (Wildman–Crippen MR) is 57.7 cm³/mol. The van der Waals surface area contributed by atoms with Crippen LogP contribution in [0.2, 0.25) is 0 Å². The van der Waals surface area contributed by atoms with Crippen molar-refractivity contribution in [2.75, 3.05) is 18.0 Å². The van der Waals surface area contributed by atoms with E-state index in [1.807, 2.05) is 11.0 Å². The molecule has 0 saturated carbocycles. The highest BCUT2D eigenvalue weighted by atomic mass is 16.3. The number of anilines is 1. The summed E-state index contributed by atoms with van der Waals surface area (Å²) >= 11 is 0. The molecule has 1 aliphatic rings. The molecule has 15 heavy (non-hydrogen) atoms. The molecule has 2 N–H and O–H groups in total. The minimum absolute atomic E-state index is 0.248. The Labute approximate surface area is 89.2 Å². The summed E-state index contributed by atoms with van der Waals surface area (Å²) in [5.74, 6) is 0.838. The molecule has 4 nitrogen and oxygen atoms in total. The van der Waals surface area contributed by atoms with Crippen LogP contribution in [-0.2, 0) is 0 Å². The Morgan fingerprint density at radius 2 is 2.40 bits per heavy atom. The number of hydrogen-bond donors (Lipinski definition) is 2. The summed E-state index contributed by atoms with van der Waals surface area (Å²) in [5.41, 5.74) is 0.862. The number of aliphatic hydroxyl groups is 2. The molecular formula is C11H16N2O2. The van der Waals surface area contributed by atoms with Crippen LogP contribution in [0.5, 0.6) is 0 Å². The Bertz CT molecular complexity index is 341. The number of aromatic nitrogens is 1. The third-order valence-corrected chi connectivity index (χ3v) is 2.74. The van der Waals surface area contributed by atoms with Crippen LogP contribution in [0.15, 0.2) is 18.3 Å². The fourth-order valence-corrected chi connectivity index (χ4v) is 1.82. The van der Waals surface area contributed by atoms with Crippen LogP contribution in [0.3, 0.4) is 0 Å². The van der Waals surface area contributed by atoms with Crippen molar-refractivity contribution < 1.29 is 10.2 Å². The van der Waals surface area contributed by atoms with Crippen molar-refractivity contribution in [3.8, 4) is 0 Å². The van der Waals surface area contributed by atoms with E-state index in [4.69, 9.17) is 0 Å². The first-order valence-corrected chi connectivity index (χ1v) is 5.24. The van der Waals surface area contributed by atoms with Gasteiger partial charge in [0.2, 0.25) is 0 Å². The van der Waals surface area contributed by atoms with Gasteiger partial charge in [-0.2, -0.15) is 0 Å². The van der Waals surface area contributed by atoms with Gasteiger partial charge in [0.05, 0.1) is 12.2 Å². The monoisotopic (exact) mass is 208 g/mol. The SMILES string of the molecule is CC(O)c1ccnc(N2CCC(O)C2)c1. The number of nitrogens with zero attached hydrogens (tertiary/aromatic N) is 2. The average Bonchev–Trinajstić information content (AvgIpc) is 2.65. The third-order valence-electron chi connectivity index (χ3n) is 2.74. The maximum Gasteiger partial charge on any atom is 0.128 e. The topological polar surface area (TPSA) is 56.6 Å². The predicted octanol–water partition coefficient (Wildman–Crippen LogP) is 0.706. The zero-order valence-corrected chi connectivity index (χ0v) is 8.80. The highest BCUT2D eigenvalue weighted by Crippen LogP contribution is 2.21. The fraction of sp³-hybridized carbons (Fsp3) is 0.545. The molecule has 1 fully saturated rings. The Hall–Kier alpha value is -1.13. The van der Waals surface area contributed by atoms with Crippen molar-refractivity contribution in [2.45, 2.75) is 25.6 Å². The van der Waals surface area contributed by atoms with Gasteiger partial charge in [0.25, 0.3) is 0 Å². The lowest BCUT2D eigenvalue weighted by Gasteiger charge is -2.17. The number of aliphatic hydroxyl groups excluding tert-OH is 2. The van der Waals surface area contributed by atoms with Crippen molar-refractivity contribution >= 4 is 5.82 Å². The second-order valence-corrected chi connectivity index (χ2v) is 4.01. The molecule has 2 unspecified atom stereocenters. The number of hydrogen-bond acceptors (Lipinski definition) is 4. The van der Waals surface area contributed by atoms with Crippen LogP contribution >= 0.6 is 0 Å². The first kappa shape index (κ1) is 10.4. The quantitative estimate of drug-likeness (QED) is 0.751. The first-order chi connectivity index (χ1) is 7.16. The van der Waals surface area contributed by atoms with Gasteiger partial charge in [0.1, 0.15) is 5.82 Å². The minimum Gasteiger partial charge on any atom is -0.391 e. The molecule has 0 spiro atoms. The van der Waals surface area contributed by atoms with Gasteiger partial charge >= 0.3 is 0 Å². The maximum absolute atomic E-state index is 9.45. The number of pyridine rings is 1. The molecule has 0 aliphatic carbocycles. The van der Waals surface area contributed by atoms with Gasteiger partial charge in [-0.15, -0.1) is 0 Å². The lowest BCUT2D eigenvalue weighted by atomic mass is 10.2. The molecule has 1 aromatic heterocycles. The second-order valence-electron chi connectivity index (χ2n) is 4.01. The van der Waals surface area contributed by atoms with Gasteiger partial charge in [-0.05, 0) is 31.0 Å². The van der Waals surface area contributed by atoms with Crippen molar-refractivity contribution in [1.29, 1.82) is 0 Å². The van der Waals surface area contributed by atoms with Crippen molar-refractivity contribution in [3.63, 3.8) is 0 Å². The maximum atomic E-state index is 9.45. The third kappa shape index (κ3) is 2.27. The lowest BCUT2D eigenvalue weighted by Crippen LogP contribution is -2.22. The summed E-state index contributed by atoms with van der Waals surface area (Å²) in [6, 6.07) is 3.68. The van der Waals surface area contributed by atoms with Crippen molar-refractivity contribution in [3.05, 3.63) is 23.9 Å². The van der Waals surface area contributed by atoms with Crippen LogP contribution in [0.25, 0.3) is 0 Å². The van der Waals surface area contributed by atoms with Gasteiger partial charge in [-0.3, -0.25) is 0 Å². The molecule has 1 aliphatic heterocycles. The minimum atomic E-state index is -0.473. The normalized spacial score (nSPS) is 23.1. The van der Waals surface area contributed by atoms with Gasteiger partial charge in [0.15, 0.2) is 0 Å². The smallest absolute Gasteiger partial charge is 0.128 e. The second kappa shape index (κ2) is 4.16. The molecule has 0 amide bonds. The van der Waals surface area contributed by atoms with Crippen LogP contribution in [-0.4, -0.2) is 34.4 Å². The van der Waals surface area contributed by atoms with E-state index in [1.165, 1.54) is 0 Å². The summed E-state index contributed by atoms with van der Waals surface area (Å²) in [6.45, 7) is 3.20. The Balaban J connectivity index is 2.18. The summed E-state index contributed by atoms with van der Waals surface area (Å²) in [4.78, 5) is 6.28. The summed E-state index contributed by atoms with van der Waals surface area (Å²) < 4.78 is 0. The molecule has 1 aromatic rings. The molecular weight excluding hydrogens is 192 g/mol. The number of β-amino-alcohol motifs (C(OH)–C–C–N with tert-alkyl or cyclic N) is 1. The molecule has 0 aromatic carbocycles. The van der Waals surface area contributed by atoms with Crippen molar-refractivity contribution in [1.82, 2.24) is 4.98 Å². The summed E-state index contributed by atoms with van der Waals surface area (Å²) in [7, 11) is 0. The Morgan fingerprint density at radius 1 is 1.60 bits per heavy atom. The van der Waals surface area contributed by atoms with E-state index >= 15 is 0 Å². The van der Waals surface area contributed by atoms with Crippen molar-refractivity contribution in [2.24, 2.45) is 0 Å². The fourth-order valence-electron chi connectivity index (χ4n) is 1.82. The molecule has 82 valence electrons. The van der Waals surface area contributed by atoms with Gasteiger partial charge in [0, 0.05) is 19.3 Å². The number of rotatable bonds is 2. The van der Waals surface area contributed by atoms with E-state index in [2.05, 4.69) is 4.98 Å². The molecule has 2 rings (SSSR count). The van der Waals surface area contributed by atoms with E-state index < -0.39 is 6.10 Å². The lowest BCUT2D eigenvalue weighted by molar-refractivity contribution is 0.198. The molecule has 2 atom stereocenters. The van der Waals surface area contributed by atoms with Gasteiger partial charge in [-0.25, -0.2) is 4.98 Å². The van der Waals surface area contributed by atoms with E-state index in [0.717, 1.165) is 24.3 Å².